The Bertz CT molecular complexity index is 972. The zero-order valence-corrected chi connectivity index (χ0v) is 15.6. The van der Waals surface area contributed by atoms with Gasteiger partial charge in [0.2, 0.25) is 5.91 Å². The molecular formula is C18H19N3O2S2. The molecule has 4 rings (SSSR count). The van der Waals surface area contributed by atoms with Crippen molar-refractivity contribution in [1.29, 1.82) is 0 Å². The fourth-order valence-corrected chi connectivity index (χ4v) is 5.30. The van der Waals surface area contributed by atoms with Gasteiger partial charge in [-0.25, -0.2) is 4.98 Å². The second-order valence-electron chi connectivity index (χ2n) is 6.37. The third-order valence-electron chi connectivity index (χ3n) is 4.60. The van der Waals surface area contributed by atoms with E-state index in [1.807, 2.05) is 24.4 Å². The molecule has 1 unspecified atom stereocenters. The van der Waals surface area contributed by atoms with E-state index in [0.29, 0.717) is 0 Å². The van der Waals surface area contributed by atoms with Crippen molar-refractivity contribution in [2.75, 3.05) is 0 Å². The summed E-state index contributed by atoms with van der Waals surface area (Å²) in [6.07, 6.45) is 5.78. The van der Waals surface area contributed by atoms with Gasteiger partial charge in [0.15, 0.2) is 0 Å². The topological polar surface area (TPSA) is 64.0 Å². The van der Waals surface area contributed by atoms with Crippen LogP contribution in [0.25, 0.3) is 10.2 Å². The quantitative estimate of drug-likeness (QED) is 0.763. The van der Waals surface area contributed by atoms with Crippen LogP contribution in [-0.4, -0.2) is 15.5 Å². The van der Waals surface area contributed by atoms with Crippen LogP contribution in [0, 0.1) is 0 Å². The smallest absolute Gasteiger partial charge is 0.262 e. The maximum absolute atomic E-state index is 12.9. The Labute approximate surface area is 153 Å². The molecular weight excluding hydrogens is 354 g/mol. The molecule has 0 radical (unpaired) electrons. The van der Waals surface area contributed by atoms with E-state index in [2.05, 4.69) is 10.3 Å². The molecule has 3 aromatic heterocycles. The third-order valence-corrected chi connectivity index (χ3v) is 6.86. The first-order chi connectivity index (χ1) is 12.1. The van der Waals surface area contributed by atoms with Crippen molar-refractivity contribution >= 4 is 38.8 Å². The lowest BCUT2D eigenvalue weighted by Gasteiger charge is -2.13. The van der Waals surface area contributed by atoms with Crippen molar-refractivity contribution in [2.24, 2.45) is 0 Å². The molecule has 1 atom stereocenters. The number of amides is 1. The summed E-state index contributed by atoms with van der Waals surface area (Å²) >= 11 is 3.23. The largest absolute Gasteiger partial charge is 0.347 e. The SMILES string of the molecule is CC(NC(=O)Cn1cnc2sc3c(c2c1=O)CCCC3)c1cccs1. The fraction of sp³-hybridized carbons (Fsp3) is 0.389. The van der Waals surface area contributed by atoms with Crippen molar-refractivity contribution in [3.63, 3.8) is 0 Å². The van der Waals surface area contributed by atoms with Crippen molar-refractivity contribution < 1.29 is 4.79 Å². The van der Waals surface area contributed by atoms with Gasteiger partial charge in [0, 0.05) is 9.75 Å². The molecule has 0 fully saturated rings. The van der Waals surface area contributed by atoms with E-state index in [1.54, 1.807) is 22.7 Å². The lowest BCUT2D eigenvalue weighted by atomic mass is 9.97. The van der Waals surface area contributed by atoms with Crippen LogP contribution in [0.5, 0.6) is 0 Å². The van der Waals surface area contributed by atoms with Gasteiger partial charge >= 0.3 is 0 Å². The first-order valence-electron chi connectivity index (χ1n) is 8.46. The predicted octanol–water partition coefficient (Wildman–Crippen LogP) is 3.28. The van der Waals surface area contributed by atoms with Crippen molar-refractivity contribution in [3.05, 3.63) is 49.5 Å². The summed E-state index contributed by atoms with van der Waals surface area (Å²) < 4.78 is 1.43. The Hall–Kier alpha value is -1.99. The Morgan fingerprint density at radius 2 is 2.24 bits per heavy atom. The molecule has 1 aliphatic carbocycles. The van der Waals surface area contributed by atoms with Crippen molar-refractivity contribution in [3.8, 4) is 0 Å². The zero-order valence-electron chi connectivity index (χ0n) is 13.9. The normalized spacial score (nSPS) is 15.1. The lowest BCUT2D eigenvalue weighted by Crippen LogP contribution is -2.33. The van der Waals surface area contributed by atoms with Crippen LogP contribution in [0.4, 0.5) is 0 Å². The molecule has 5 nitrogen and oxygen atoms in total. The number of aromatic nitrogens is 2. The van der Waals surface area contributed by atoms with Crippen LogP contribution in [-0.2, 0) is 24.2 Å². The van der Waals surface area contributed by atoms with Gasteiger partial charge in [-0.3, -0.25) is 14.2 Å². The molecule has 0 saturated heterocycles. The lowest BCUT2D eigenvalue weighted by molar-refractivity contribution is -0.122. The molecule has 0 bridgehead atoms. The summed E-state index contributed by atoms with van der Waals surface area (Å²) in [4.78, 5) is 32.8. The number of nitrogens with one attached hydrogen (secondary N) is 1. The highest BCUT2D eigenvalue weighted by Gasteiger charge is 2.20. The van der Waals surface area contributed by atoms with Crippen molar-refractivity contribution in [2.45, 2.75) is 45.2 Å². The molecule has 3 aromatic rings. The summed E-state index contributed by atoms with van der Waals surface area (Å²) in [7, 11) is 0. The number of thiophene rings is 2. The van der Waals surface area contributed by atoms with Crippen LogP contribution in [0.1, 0.15) is 41.1 Å². The molecule has 130 valence electrons. The van der Waals surface area contributed by atoms with Crippen LogP contribution >= 0.6 is 22.7 Å². The van der Waals surface area contributed by atoms with Crippen LogP contribution in [0.15, 0.2) is 28.6 Å². The summed E-state index contributed by atoms with van der Waals surface area (Å²) in [5.74, 6) is -0.173. The number of carbonyl (C=O) groups excluding carboxylic acids is 1. The van der Waals surface area contributed by atoms with E-state index in [-0.39, 0.29) is 24.1 Å². The minimum absolute atomic E-state index is 0.00209. The van der Waals surface area contributed by atoms with E-state index < -0.39 is 0 Å². The van der Waals surface area contributed by atoms with Gasteiger partial charge in [-0.15, -0.1) is 22.7 Å². The Morgan fingerprint density at radius 1 is 1.40 bits per heavy atom. The number of nitrogens with zero attached hydrogens (tertiary/aromatic N) is 2. The van der Waals surface area contributed by atoms with Gasteiger partial charge < -0.3 is 5.32 Å². The Balaban J connectivity index is 1.58. The first-order valence-corrected chi connectivity index (χ1v) is 10.2. The molecule has 1 N–H and O–H groups in total. The molecule has 1 amide bonds. The monoisotopic (exact) mass is 373 g/mol. The standard InChI is InChI=1S/C18H19N3O2S2/c1-11(13-7-4-8-24-13)20-15(22)9-21-10-19-17-16(18(21)23)12-5-2-3-6-14(12)25-17/h4,7-8,10-11H,2-3,5-6,9H2,1H3,(H,20,22). The van der Waals surface area contributed by atoms with E-state index in [1.165, 1.54) is 22.2 Å². The van der Waals surface area contributed by atoms with E-state index in [4.69, 9.17) is 0 Å². The highest BCUT2D eigenvalue weighted by atomic mass is 32.1. The number of fused-ring (bicyclic) bond motifs is 3. The molecule has 3 heterocycles. The molecule has 7 heteroatoms. The number of aryl methyl sites for hydroxylation is 2. The third kappa shape index (κ3) is 3.14. The van der Waals surface area contributed by atoms with Crippen LogP contribution in [0.3, 0.4) is 0 Å². The van der Waals surface area contributed by atoms with Gasteiger partial charge in [-0.05, 0) is 49.6 Å². The van der Waals surface area contributed by atoms with Crippen molar-refractivity contribution in [1.82, 2.24) is 14.9 Å². The van der Waals surface area contributed by atoms with Gasteiger partial charge in [-0.1, -0.05) is 6.07 Å². The summed E-state index contributed by atoms with van der Waals surface area (Å²) in [6.45, 7) is 1.95. The summed E-state index contributed by atoms with van der Waals surface area (Å²) in [5.41, 5.74) is 1.06. The molecule has 1 aliphatic rings. The van der Waals surface area contributed by atoms with E-state index in [0.717, 1.165) is 39.9 Å². The minimum atomic E-state index is -0.173. The predicted molar refractivity (Wildman–Crippen MR) is 101 cm³/mol. The van der Waals surface area contributed by atoms with Gasteiger partial charge in [0.1, 0.15) is 11.4 Å². The molecule has 0 saturated carbocycles. The number of hydrogen-bond donors (Lipinski definition) is 1. The fourth-order valence-electron chi connectivity index (χ4n) is 3.34. The van der Waals surface area contributed by atoms with E-state index in [9.17, 15) is 9.59 Å². The van der Waals surface area contributed by atoms with Gasteiger partial charge in [0.05, 0.1) is 17.8 Å². The van der Waals surface area contributed by atoms with E-state index >= 15 is 0 Å². The Morgan fingerprint density at radius 3 is 3.04 bits per heavy atom. The maximum atomic E-state index is 12.9. The Kier molecular flexibility index (Phi) is 4.43. The average Bonchev–Trinajstić information content (AvgIpc) is 3.24. The molecule has 25 heavy (non-hydrogen) atoms. The molecule has 0 aromatic carbocycles. The second kappa shape index (κ2) is 6.72. The maximum Gasteiger partial charge on any atom is 0.262 e. The highest BCUT2D eigenvalue weighted by Crippen LogP contribution is 2.33. The summed E-state index contributed by atoms with van der Waals surface area (Å²) in [6, 6.07) is 3.89. The second-order valence-corrected chi connectivity index (χ2v) is 8.44. The highest BCUT2D eigenvalue weighted by molar-refractivity contribution is 7.18. The molecule has 0 aliphatic heterocycles. The van der Waals surface area contributed by atoms with Gasteiger partial charge in [-0.2, -0.15) is 0 Å². The number of hydrogen-bond acceptors (Lipinski definition) is 5. The van der Waals surface area contributed by atoms with Crippen LogP contribution < -0.4 is 10.9 Å². The van der Waals surface area contributed by atoms with Gasteiger partial charge in [0.25, 0.3) is 5.56 Å². The number of rotatable bonds is 4. The first kappa shape index (κ1) is 16.5. The summed E-state index contributed by atoms with van der Waals surface area (Å²) in [5, 5.41) is 5.66. The zero-order chi connectivity index (χ0) is 17.4. The van der Waals surface area contributed by atoms with Crippen LogP contribution in [0.2, 0.25) is 0 Å². The average molecular weight is 374 g/mol. The molecule has 0 spiro atoms. The minimum Gasteiger partial charge on any atom is -0.347 e. The number of carbonyl (C=O) groups is 1.